The van der Waals surface area contributed by atoms with Gasteiger partial charge in [-0.3, -0.25) is 9.59 Å². The summed E-state index contributed by atoms with van der Waals surface area (Å²) in [5, 5.41) is 107. The van der Waals surface area contributed by atoms with E-state index >= 15 is 9.59 Å². The Labute approximate surface area is 479 Å². The number of rotatable bonds is 8. The van der Waals surface area contributed by atoms with Crippen molar-refractivity contribution in [1.82, 2.24) is 14.9 Å². The monoisotopic (exact) mass is 1140 g/mol. The molecule has 15 nitrogen and oxygen atoms in total. The molecule has 1 amide bonds. The number of anilines is 1. The summed E-state index contributed by atoms with van der Waals surface area (Å²) in [5.41, 5.74) is -9.84. The van der Waals surface area contributed by atoms with Crippen LogP contribution in [0.4, 0.5) is 5.69 Å². The second kappa shape index (κ2) is 19.6. The normalized spacial score (nSPS) is 48.9. The van der Waals surface area contributed by atoms with E-state index in [1.54, 1.807) is 35.6 Å². The highest BCUT2D eigenvalue weighted by molar-refractivity contribution is 8.76. The second-order valence-electron chi connectivity index (χ2n) is 28.3. The molecule has 22 unspecified atom stereocenters. The fourth-order valence-corrected chi connectivity index (χ4v) is 24.8. The van der Waals surface area contributed by atoms with Gasteiger partial charge in [0.05, 0.1) is 47.2 Å². The van der Waals surface area contributed by atoms with Gasteiger partial charge in [-0.1, -0.05) is 67.9 Å². The zero-order valence-corrected chi connectivity index (χ0v) is 49.1. The number of aliphatic hydroxyl groups is 7. The van der Waals surface area contributed by atoms with Crippen molar-refractivity contribution in [3.63, 3.8) is 0 Å². The van der Waals surface area contributed by atoms with E-state index in [2.05, 4.69) is 50.1 Å². The van der Waals surface area contributed by atoms with Gasteiger partial charge < -0.3 is 60.4 Å². The number of aliphatic hydroxyl groups excluding tert-OH is 5. The fourth-order valence-electron chi connectivity index (χ4n) is 21.8. The molecule has 8 bridgehead atoms. The van der Waals surface area contributed by atoms with Crippen LogP contribution in [0, 0.1) is 85.8 Å². The number of ketones is 1. The summed E-state index contributed by atoms with van der Waals surface area (Å²) < 4.78 is 8.66. The number of allylic oxidation sites excluding steroid dienone is 2. The van der Waals surface area contributed by atoms with Crippen molar-refractivity contribution in [2.75, 3.05) is 37.4 Å². The van der Waals surface area contributed by atoms with Crippen molar-refractivity contribution in [3.05, 3.63) is 66.3 Å². The number of aromatic hydroxyl groups is 1. The van der Waals surface area contributed by atoms with Crippen LogP contribution in [0.1, 0.15) is 123 Å². The van der Waals surface area contributed by atoms with Gasteiger partial charge >= 0.3 is 0 Å². The number of benzene rings is 1. The predicted octanol–water partition coefficient (Wildman–Crippen LogP) is 6.58. The van der Waals surface area contributed by atoms with Gasteiger partial charge in [-0.15, -0.1) is 0 Å². The maximum atomic E-state index is 16.5. The summed E-state index contributed by atoms with van der Waals surface area (Å²) in [6.07, 6.45) is 14.1. The first-order valence-electron chi connectivity index (χ1n) is 30.6. The molecule has 2 aromatic rings. The Morgan fingerprint density at radius 1 is 0.950 bits per heavy atom. The Bertz CT molecular complexity index is 2820. The van der Waals surface area contributed by atoms with Crippen LogP contribution in [0.15, 0.2) is 60.7 Å². The molecule has 5 aliphatic heterocycles. The molecule has 8 fully saturated rings. The highest BCUT2D eigenvalue weighted by Crippen LogP contribution is 2.80. The maximum absolute atomic E-state index is 16.5. The van der Waals surface area contributed by atoms with E-state index in [9.17, 15) is 40.9 Å². The maximum Gasteiger partial charge on any atom is 0.234 e. The second-order valence-corrected chi connectivity index (χ2v) is 30.8. The van der Waals surface area contributed by atoms with E-state index in [1.807, 2.05) is 23.9 Å². The molecule has 2 saturated heterocycles. The third kappa shape index (κ3) is 7.23. The minimum atomic E-state index is -1.67. The molecule has 6 saturated carbocycles. The highest BCUT2D eigenvalue weighted by Gasteiger charge is 2.82. The third-order valence-electron chi connectivity index (χ3n) is 25.6. The zero-order valence-electron chi connectivity index (χ0n) is 47.5. The summed E-state index contributed by atoms with van der Waals surface area (Å²) in [4.78, 5) is 38.9. The standard InChI is InChI=1S/C63H88N4O11S2/c1-35(2)36(3)50-53(78-50)61(76)15-7-10-40-24-45-46-26-49(71)60(28-47(70)52(73)57(56(45,60)4)16-11-38(27-57)30-66-21-20-65-34-66)55(75)80-79-32-42-9-6-8-41(31-68)63(42)54(74)67(33-58(63)17-13-39(29-64-5)51(58)72)43-22-37(23-44(69)25-43)12-18-59(40)48(61)14-19-62(46,59)77/h7,10,20-23,25-26,34-36,38-42,45,47-48,50-53,55,64,68-70,72-73,75-77H,6,8-9,11-19,24,27-33H2,1-5H3. The highest BCUT2D eigenvalue weighted by atomic mass is 33.1. The van der Waals surface area contributed by atoms with Gasteiger partial charge in [0.1, 0.15) is 22.9 Å². The lowest BCUT2D eigenvalue weighted by Crippen LogP contribution is -2.75. The van der Waals surface area contributed by atoms with Crippen LogP contribution in [0.2, 0.25) is 0 Å². The first-order chi connectivity index (χ1) is 38.2. The van der Waals surface area contributed by atoms with E-state index < -0.39 is 91.3 Å². The number of nitrogens with zero attached hydrogens (tertiary/aromatic N) is 3. The van der Waals surface area contributed by atoms with Crippen LogP contribution >= 0.6 is 21.6 Å². The van der Waals surface area contributed by atoms with Crippen molar-refractivity contribution in [2.45, 2.75) is 178 Å². The van der Waals surface area contributed by atoms with Crippen molar-refractivity contribution >= 4 is 39.0 Å². The summed E-state index contributed by atoms with van der Waals surface area (Å²) in [6, 6.07) is 5.37. The number of amides is 1. The average Bonchev–Trinajstić information content (AvgIpc) is 1.25. The topological polar surface area (TPSA) is 242 Å². The van der Waals surface area contributed by atoms with Gasteiger partial charge in [0.2, 0.25) is 5.91 Å². The summed E-state index contributed by atoms with van der Waals surface area (Å²) in [6.45, 7) is 9.75. The first-order valence-corrected chi connectivity index (χ1v) is 33.0. The Kier molecular flexibility index (Phi) is 13.8. The molecule has 6 heterocycles. The molecular formula is C63H88N4O11S2. The molecule has 438 valence electrons. The molecular weight excluding hydrogens is 1050 g/mol. The number of nitrogens with one attached hydrogen (secondary N) is 1. The summed E-state index contributed by atoms with van der Waals surface area (Å²) >= 11 is 0. The van der Waals surface area contributed by atoms with Gasteiger partial charge in [0, 0.05) is 78.3 Å². The van der Waals surface area contributed by atoms with Crippen LogP contribution in [0.3, 0.4) is 0 Å². The molecule has 80 heavy (non-hydrogen) atoms. The number of hydrogen-bond donors (Lipinski definition) is 9. The zero-order chi connectivity index (χ0) is 56.3. The van der Waals surface area contributed by atoms with Gasteiger partial charge in [-0.05, 0) is 179 Å². The molecule has 15 rings (SSSR count). The van der Waals surface area contributed by atoms with Crippen LogP contribution in [-0.4, -0.2) is 142 Å². The molecule has 22 atom stereocenters. The van der Waals surface area contributed by atoms with Crippen molar-refractivity contribution < 1.29 is 55.2 Å². The summed E-state index contributed by atoms with van der Waals surface area (Å²) in [7, 11) is 4.49. The van der Waals surface area contributed by atoms with E-state index in [4.69, 9.17) is 4.74 Å². The minimum Gasteiger partial charge on any atom is -0.508 e. The van der Waals surface area contributed by atoms with Gasteiger partial charge in [-0.2, -0.15) is 0 Å². The van der Waals surface area contributed by atoms with Crippen LogP contribution in [0.5, 0.6) is 5.75 Å². The molecule has 8 aliphatic carbocycles. The smallest absolute Gasteiger partial charge is 0.234 e. The number of aromatic nitrogens is 2. The predicted molar refractivity (Wildman–Crippen MR) is 306 cm³/mol. The molecule has 1 aromatic carbocycles. The lowest BCUT2D eigenvalue weighted by atomic mass is 9.33. The number of phenols is 1. The SMILES string of the molecule is CNCC1CCC2(CN3C(=O)C24C(CO)CCCC4CSSC(O)C24CC(O)C(O)C5(CCC(Cn6ccnc6)C5)C2(C)C2CC5C=CCC(O)(C6OC6C(C)C(C)C)C6CCC(O)(C2=CC4=O)C56CCc2cc(O)cc3c2)C1O. The van der Waals surface area contributed by atoms with E-state index in [-0.39, 0.29) is 79.1 Å². The van der Waals surface area contributed by atoms with Crippen LogP contribution in [-0.2, 0) is 27.3 Å². The Hall–Kier alpha value is -2.81. The number of epoxide rings is 1. The Morgan fingerprint density at radius 3 is 2.50 bits per heavy atom. The lowest BCUT2D eigenvalue weighted by molar-refractivity contribution is -0.263. The molecule has 0 radical (unpaired) electrons. The molecule has 13 aliphatic rings. The number of carbonyl (C=O) groups is 2. The first kappa shape index (κ1) is 56.3. The number of carbonyl (C=O) groups excluding carboxylic acids is 2. The molecule has 1 aromatic heterocycles. The van der Waals surface area contributed by atoms with Gasteiger partial charge in [0.15, 0.2) is 5.78 Å². The van der Waals surface area contributed by atoms with E-state index in [1.165, 1.54) is 21.6 Å². The number of imidazole rings is 1. The van der Waals surface area contributed by atoms with E-state index in [0.717, 1.165) is 12.0 Å². The fraction of sp³-hybridized carbons (Fsp3) is 0.762. The lowest BCUT2D eigenvalue weighted by Gasteiger charge is -2.72. The molecule has 5 spiro atoms. The van der Waals surface area contributed by atoms with Gasteiger partial charge in [-0.25, -0.2) is 4.98 Å². The van der Waals surface area contributed by atoms with Crippen molar-refractivity contribution in [3.8, 4) is 5.75 Å². The largest absolute Gasteiger partial charge is 0.508 e. The minimum absolute atomic E-state index is 0.0178. The number of fused-ring (bicyclic) bond motifs is 1. The third-order valence-corrected chi connectivity index (χ3v) is 28.2. The average molecular weight is 1140 g/mol. The Morgan fingerprint density at radius 2 is 1.75 bits per heavy atom. The number of aryl methyl sites for hydroxylation is 1. The number of ether oxygens (including phenoxy) is 1. The van der Waals surface area contributed by atoms with Gasteiger partial charge in [0.25, 0.3) is 0 Å². The quantitative estimate of drug-likeness (QED) is 0.0771. The van der Waals surface area contributed by atoms with Crippen molar-refractivity contribution in [1.29, 1.82) is 0 Å². The Balaban J connectivity index is 1.02. The number of phenolic OH excluding ortho intramolecular Hbond substituents is 1. The van der Waals surface area contributed by atoms with Crippen molar-refractivity contribution in [2.24, 2.45) is 85.8 Å². The van der Waals surface area contributed by atoms with Crippen LogP contribution < -0.4 is 10.2 Å². The van der Waals surface area contributed by atoms with Crippen LogP contribution in [0.25, 0.3) is 0 Å². The molecule has 9 N–H and O–H groups in total. The number of hydrogen-bond acceptors (Lipinski definition) is 15. The molecule has 17 heteroatoms. The van der Waals surface area contributed by atoms with E-state index in [0.29, 0.717) is 113 Å². The summed E-state index contributed by atoms with van der Waals surface area (Å²) in [5.74, 6) is -2.10.